The van der Waals surface area contributed by atoms with Gasteiger partial charge in [0, 0.05) is 16.9 Å². The van der Waals surface area contributed by atoms with E-state index in [1.807, 2.05) is 0 Å². The zero-order valence-corrected chi connectivity index (χ0v) is 23.0. The summed E-state index contributed by atoms with van der Waals surface area (Å²) in [6, 6.07) is 57.7. The SMILES string of the molecule is c1ccc2c(c1)-c1ccccc1C21c2ccccc2-c2c(Nc3ccc(-c4cccc5ccccc45)cc3)cccc21. The molecule has 1 N–H and O–H groups in total. The number of anilines is 2. The molecule has 0 atom stereocenters. The Labute approximate surface area is 245 Å². The van der Waals surface area contributed by atoms with Crippen LogP contribution in [0.3, 0.4) is 0 Å². The van der Waals surface area contributed by atoms with Gasteiger partial charge in [-0.2, -0.15) is 0 Å². The second kappa shape index (κ2) is 8.80. The smallest absolute Gasteiger partial charge is 0.0726 e. The Hall–Kier alpha value is -5.40. The van der Waals surface area contributed by atoms with E-state index in [0.717, 1.165) is 11.4 Å². The van der Waals surface area contributed by atoms with Crippen LogP contribution in [-0.2, 0) is 5.41 Å². The molecule has 7 aromatic carbocycles. The molecule has 0 aliphatic heterocycles. The van der Waals surface area contributed by atoms with E-state index in [1.54, 1.807) is 0 Å². The van der Waals surface area contributed by atoms with Crippen molar-refractivity contribution >= 4 is 22.1 Å². The molecule has 0 unspecified atom stereocenters. The topological polar surface area (TPSA) is 12.0 Å². The number of fused-ring (bicyclic) bond motifs is 11. The molecule has 1 nitrogen and oxygen atoms in total. The molecule has 0 amide bonds. The van der Waals surface area contributed by atoms with Crippen LogP contribution in [0.4, 0.5) is 11.4 Å². The molecular weight excluding hydrogens is 506 g/mol. The number of benzene rings is 7. The molecule has 0 saturated heterocycles. The van der Waals surface area contributed by atoms with Crippen molar-refractivity contribution in [2.45, 2.75) is 5.41 Å². The lowest BCUT2D eigenvalue weighted by Crippen LogP contribution is -2.25. The van der Waals surface area contributed by atoms with Crippen LogP contribution in [-0.4, -0.2) is 0 Å². The summed E-state index contributed by atoms with van der Waals surface area (Å²) in [5.41, 5.74) is 15.1. The molecule has 0 fully saturated rings. The van der Waals surface area contributed by atoms with E-state index in [0.29, 0.717) is 0 Å². The largest absolute Gasteiger partial charge is 0.355 e. The normalized spacial score (nSPS) is 13.4. The molecule has 42 heavy (non-hydrogen) atoms. The highest BCUT2D eigenvalue weighted by atomic mass is 14.9. The van der Waals surface area contributed by atoms with Gasteiger partial charge < -0.3 is 5.32 Å². The molecule has 0 saturated carbocycles. The summed E-state index contributed by atoms with van der Waals surface area (Å²) >= 11 is 0. The lowest BCUT2D eigenvalue weighted by molar-refractivity contribution is 0.794. The van der Waals surface area contributed by atoms with Gasteiger partial charge in [-0.15, -0.1) is 0 Å². The van der Waals surface area contributed by atoms with E-state index in [-0.39, 0.29) is 5.41 Å². The Balaban J connectivity index is 1.19. The number of nitrogens with one attached hydrogen (secondary N) is 1. The molecule has 9 rings (SSSR count). The first-order valence-electron chi connectivity index (χ1n) is 14.6. The van der Waals surface area contributed by atoms with Crippen LogP contribution >= 0.6 is 0 Å². The Morgan fingerprint density at radius 2 is 0.905 bits per heavy atom. The van der Waals surface area contributed by atoms with Crippen LogP contribution in [0.15, 0.2) is 158 Å². The summed E-state index contributed by atoms with van der Waals surface area (Å²) in [6.07, 6.45) is 0. The molecular formula is C41H27N. The van der Waals surface area contributed by atoms with Crippen molar-refractivity contribution in [3.05, 3.63) is 180 Å². The van der Waals surface area contributed by atoms with Gasteiger partial charge in [-0.05, 0) is 79.0 Å². The van der Waals surface area contributed by atoms with E-state index in [2.05, 4.69) is 163 Å². The highest BCUT2D eigenvalue weighted by molar-refractivity contribution is 6.00. The maximum absolute atomic E-state index is 3.82. The van der Waals surface area contributed by atoms with E-state index in [9.17, 15) is 0 Å². The first-order chi connectivity index (χ1) is 20.8. The Bertz CT molecular complexity index is 2120. The van der Waals surface area contributed by atoms with E-state index in [1.165, 1.54) is 66.4 Å². The third kappa shape index (κ3) is 3.08. The van der Waals surface area contributed by atoms with Crippen LogP contribution in [0.2, 0.25) is 0 Å². The highest BCUT2D eigenvalue weighted by Gasteiger charge is 2.51. The van der Waals surface area contributed by atoms with Gasteiger partial charge in [0.1, 0.15) is 0 Å². The predicted molar refractivity (Wildman–Crippen MR) is 175 cm³/mol. The van der Waals surface area contributed by atoms with Gasteiger partial charge in [0.05, 0.1) is 5.41 Å². The fourth-order valence-corrected chi connectivity index (χ4v) is 7.61. The first kappa shape index (κ1) is 23.3. The van der Waals surface area contributed by atoms with Crippen LogP contribution in [0, 0.1) is 0 Å². The van der Waals surface area contributed by atoms with Crippen molar-refractivity contribution in [3.8, 4) is 33.4 Å². The zero-order valence-electron chi connectivity index (χ0n) is 23.0. The second-order valence-electron chi connectivity index (χ2n) is 11.3. The quantitative estimate of drug-likeness (QED) is 0.238. The number of hydrogen-bond donors (Lipinski definition) is 1. The Morgan fingerprint density at radius 1 is 0.381 bits per heavy atom. The average Bonchev–Trinajstić information content (AvgIpc) is 3.53. The Kier molecular flexibility index (Phi) is 4.88. The van der Waals surface area contributed by atoms with Crippen molar-refractivity contribution < 1.29 is 0 Å². The fourth-order valence-electron chi connectivity index (χ4n) is 7.61. The van der Waals surface area contributed by atoms with E-state index >= 15 is 0 Å². The van der Waals surface area contributed by atoms with Crippen LogP contribution in [0.1, 0.15) is 22.3 Å². The fraction of sp³-hybridized carbons (Fsp3) is 0.0244. The minimum Gasteiger partial charge on any atom is -0.355 e. The summed E-state index contributed by atoms with van der Waals surface area (Å²) in [5, 5.41) is 6.36. The van der Waals surface area contributed by atoms with E-state index in [4.69, 9.17) is 0 Å². The summed E-state index contributed by atoms with van der Waals surface area (Å²) in [5.74, 6) is 0. The van der Waals surface area contributed by atoms with Gasteiger partial charge in [0.25, 0.3) is 0 Å². The van der Waals surface area contributed by atoms with E-state index < -0.39 is 0 Å². The molecule has 2 aliphatic rings. The molecule has 7 aromatic rings. The van der Waals surface area contributed by atoms with Gasteiger partial charge in [-0.25, -0.2) is 0 Å². The number of hydrogen-bond acceptors (Lipinski definition) is 1. The maximum atomic E-state index is 3.82. The lowest BCUT2D eigenvalue weighted by atomic mass is 9.70. The third-order valence-corrected chi connectivity index (χ3v) is 9.29. The van der Waals surface area contributed by atoms with Crippen LogP contribution in [0.25, 0.3) is 44.2 Å². The lowest BCUT2D eigenvalue weighted by Gasteiger charge is -2.30. The monoisotopic (exact) mass is 533 g/mol. The standard InChI is InChI=1S/C41H27N/c1-2-13-30-27(11-1)12-9-17-31(30)28-23-25-29(26-24-28)42-39-22-10-21-38-40(39)34-16-5-8-20-37(34)41(38)35-18-6-3-14-32(35)33-15-4-7-19-36(33)41/h1-26,42H. The first-order valence-corrected chi connectivity index (χ1v) is 14.6. The summed E-state index contributed by atoms with van der Waals surface area (Å²) in [7, 11) is 0. The van der Waals surface area contributed by atoms with Crippen molar-refractivity contribution in [3.63, 3.8) is 0 Å². The predicted octanol–water partition coefficient (Wildman–Crippen LogP) is 10.6. The Morgan fingerprint density at radius 3 is 1.64 bits per heavy atom. The second-order valence-corrected chi connectivity index (χ2v) is 11.3. The zero-order chi connectivity index (χ0) is 27.7. The molecule has 1 heteroatoms. The van der Waals surface area contributed by atoms with Gasteiger partial charge in [-0.3, -0.25) is 0 Å². The van der Waals surface area contributed by atoms with Crippen LogP contribution < -0.4 is 5.32 Å². The molecule has 2 aliphatic carbocycles. The third-order valence-electron chi connectivity index (χ3n) is 9.29. The van der Waals surface area contributed by atoms with Gasteiger partial charge in [-0.1, -0.05) is 140 Å². The molecule has 196 valence electrons. The number of rotatable bonds is 3. The van der Waals surface area contributed by atoms with Crippen molar-refractivity contribution in [1.82, 2.24) is 0 Å². The minimum atomic E-state index is -0.324. The molecule has 0 bridgehead atoms. The van der Waals surface area contributed by atoms with Gasteiger partial charge in [0.15, 0.2) is 0 Å². The van der Waals surface area contributed by atoms with Crippen molar-refractivity contribution in [2.75, 3.05) is 5.32 Å². The minimum absolute atomic E-state index is 0.324. The van der Waals surface area contributed by atoms with Gasteiger partial charge >= 0.3 is 0 Å². The van der Waals surface area contributed by atoms with Gasteiger partial charge in [0.2, 0.25) is 0 Å². The van der Waals surface area contributed by atoms with Crippen LogP contribution in [0.5, 0.6) is 0 Å². The molecule has 0 radical (unpaired) electrons. The average molecular weight is 534 g/mol. The molecule has 0 heterocycles. The molecule has 1 spiro atoms. The maximum Gasteiger partial charge on any atom is 0.0726 e. The molecule has 0 aromatic heterocycles. The van der Waals surface area contributed by atoms with Crippen molar-refractivity contribution in [2.24, 2.45) is 0 Å². The summed E-state index contributed by atoms with van der Waals surface area (Å²) in [4.78, 5) is 0. The summed E-state index contributed by atoms with van der Waals surface area (Å²) in [6.45, 7) is 0. The summed E-state index contributed by atoms with van der Waals surface area (Å²) < 4.78 is 0. The van der Waals surface area contributed by atoms with Crippen molar-refractivity contribution in [1.29, 1.82) is 0 Å². The highest BCUT2D eigenvalue weighted by Crippen LogP contribution is 2.63.